The van der Waals surface area contributed by atoms with Crippen LogP contribution in [0.15, 0.2) is 34.9 Å². The van der Waals surface area contributed by atoms with E-state index in [-0.39, 0.29) is 5.97 Å². The van der Waals surface area contributed by atoms with Crippen molar-refractivity contribution >= 4 is 17.6 Å². The summed E-state index contributed by atoms with van der Waals surface area (Å²) in [6.45, 7) is 0. The van der Waals surface area contributed by atoms with Gasteiger partial charge in [0.25, 0.3) is 0 Å². The Morgan fingerprint density at radius 1 is 1.50 bits per heavy atom. The molecule has 0 amide bonds. The molecule has 0 saturated carbocycles. The smallest absolute Gasteiger partial charge is 0.337 e. The summed E-state index contributed by atoms with van der Waals surface area (Å²) in [4.78, 5) is 11.0. The number of ether oxygens (including phenoxy) is 1. The molecule has 0 radical (unpaired) electrons. The summed E-state index contributed by atoms with van der Waals surface area (Å²) in [6.07, 6.45) is 7.59. The minimum absolute atomic E-state index is 0.328. The minimum atomic E-state index is -0.328. The Kier molecular flexibility index (Phi) is 3.11. The minimum Gasteiger partial charge on any atom is -0.465 e. The molecule has 0 saturated heterocycles. The predicted octanol–water partition coefficient (Wildman–Crippen LogP) is 2.17. The summed E-state index contributed by atoms with van der Waals surface area (Å²) >= 11 is 5.72. The monoisotopic (exact) mass is 184 g/mol. The van der Waals surface area contributed by atoms with Gasteiger partial charge in [0.1, 0.15) is 0 Å². The zero-order valence-electron chi connectivity index (χ0n) is 6.71. The maximum atomic E-state index is 11.0. The van der Waals surface area contributed by atoms with Gasteiger partial charge in [0.2, 0.25) is 0 Å². The Hall–Kier alpha value is -1.02. The maximum Gasteiger partial charge on any atom is 0.337 e. The van der Waals surface area contributed by atoms with Crippen molar-refractivity contribution in [2.75, 3.05) is 7.11 Å². The lowest BCUT2D eigenvalue weighted by Crippen LogP contribution is -2.01. The molecular formula is C9H9ClO2. The van der Waals surface area contributed by atoms with E-state index in [1.54, 1.807) is 18.2 Å². The summed E-state index contributed by atoms with van der Waals surface area (Å²) < 4.78 is 4.56. The molecule has 1 aliphatic rings. The highest BCUT2D eigenvalue weighted by Gasteiger charge is 2.06. The van der Waals surface area contributed by atoms with Crippen LogP contribution in [0.5, 0.6) is 0 Å². The SMILES string of the molecule is COC(=O)C1=CCC=C(Cl)C=C1. The number of carbonyl (C=O) groups is 1. The summed E-state index contributed by atoms with van der Waals surface area (Å²) in [7, 11) is 1.36. The fourth-order valence-electron chi connectivity index (χ4n) is 0.873. The molecule has 3 heteroatoms. The molecule has 0 heterocycles. The molecule has 2 nitrogen and oxygen atoms in total. The fraction of sp³-hybridized carbons (Fsp3) is 0.222. The van der Waals surface area contributed by atoms with Crippen LogP contribution >= 0.6 is 11.6 Å². The van der Waals surface area contributed by atoms with E-state index in [1.807, 2.05) is 6.08 Å². The van der Waals surface area contributed by atoms with E-state index in [0.717, 1.165) is 0 Å². The third-order valence-electron chi connectivity index (χ3n) is 1.49. The number of esters is 1. The van der Waals surface area contributed by atoms with Gasteiger partial charge in [0.05, 0.1) is 12.7 Å². The Bertz CT molecular complexity index is 274. The number of methoxy groups -OCH3 is 1. The quantitative estimate of drug-likeness (QED) is 0.584. The Morgan fingerprint density at radius 3 is 2.92 bits per heavy atom. The van der Waals surface area contributed by atoms with Crippen molar-refractivity contribution in [2.45, 2.75) is 6.42 Å². The van der Waals surface area contributed by atoms with Gasteiger partial charge in [-0.1, -0.05) is 23.8 Å². The van der Waals surface area contributed by atoms with E-state index in [4.69, 9.17) is 11.6 Å². The predicted molar refractivity (Wildman–Crippen MR) is 47.8 cm³/mol. The largest absolute Gasteiger partial charge is 0.465 e. The van der Waals surface area contributed by atoms with E-state index in [2.05, 4.69) is 4.74 Å². The van der Waals surface area contributed by atoms with Gasteiger partial charge in [-0.15, -0.1) is 0 Å². The van der Waals surface area contributed by atoms with Crippen LogP contribution in [-0.2, 0) is 9.53 Å². The number of halogens is 1. The first kappa shape index (κ1) is 9.07. The van der Waals surface area contributed by atoms with Gasteiger partial charge in [0, 0.05) is 5.03 Å². The zero-order valence-corrected chi connectivity index (χ0v) is 7.47. The van der Waals surface area contributed by atoms with Gasteiger partial charge in [-0.05, 0) is 18.6 Å². The zero-order chi connectivity index (χ0) is 8.97. The molecule has 0 atom stereocenters. The van der Waals surface area contributed by atoms with Crippen molar-refractivity contribution in [1.29, 1.82) is 0 Å². The van der Waals surface area contributed by atoms with E-state index >= 15 is 0 Å². The lowest BCUT2D eigenvalue weighted by molar-refractivity contribution is -0.135. The molecule has 0 bridgehead atoms. The van der Waals surface area contributed by atoms with Gasteiger partial charge in [-0.25, -0.2) is 4.79 Å². The van der Waals surface area contributed by atoms with Crippen LogP contribution in [0.4, 0.5) is 0 Å². The topological polar surface area (TPSA) is 26.3 Å². The number of rotatable bonds is 1. The van der Waals surface area contributed by atoms with Crippen LogP contribution in [0.1, 0.15) is 6.42 Å². The van der Waals surface area contributed by atoms with Crippen molar-refractivity contribution in [3.63, 3.8) is 0 Å². The lowest BCUT2D eigenvalue weighted by atomic mass is 10.2. The standard InChI is InChI=1S/C9H9ClO2/c1-12-9(11)7-3-2-4-8(10)6-5-7/h3-6H,2H2,1H3. The Balaban J connectivity index is 2.77. The van der Waals surface area contributed by atoms with Gasteiger partial charge in [-0.3, -0.25) is 0 Å². The number of hydrogen-bond acceptors (Lipinski definition) is 2. The highest BCUT2D eigenvalue weighted by Crippen LogP contribution is 2.13. The Morgan fingerprint density at radius 2 is 2.25 bits per heavy atom. The molecule has 0 aliphatic heterocycles. The first-order chi connectivity index (χ1) is 5.74. The summed E-state index contributed by atoms with van der Waals surface area (Å²) in [5, 5.41) is 0.644. The molecule has 0 spiro atoms. The molecule has 12 heavy (non-hydrogen) atoms. The molecule has 0 aromatic heterocycles. The van der Waals surface area contributed by atoms with Crippen LogP contribution in [-0.4, -0.2) is 13.1 Å². The second-order valence-corrected chi connectivity index (χ2v) is 2.75. The average Bonchev–Trinajstić information content (AvgIpc) is 2.29. The van der Waals surface area contributed by atoms with Gasteiger partial charge < -0.3 is 4.74 Å². The third kappa shape index (κ3) is 2.24. The Labute approximate surface area is 76.2 Å². The molecule has 0 N–H and O–H groups in total. The molecular weight excluding hydrogens is 176 g/mol. The first-order valence-electron chi connectivity index (χ1n) is 3.56. The normalized spacial score (nSPS) is 16.2. The molecule has 0 fully saturated rings. The molecule has 64 valence electrons. The van der Waals surface area contributed by atoms with Crippen molar-refractivity contribution in [3.05, 3.63) is 34.9 Å². The van der Waals surface area contributed by atoms with Crippen LogP contribution in [0.25, 0.3) is 0 Å². The number of allylic oxidation sites excluding steroid dienone is 4. The van der Waals surface area contributed by atoms with E-state index < -0.39 is 0 Å². The van der Waals surface area contributed by atoms with E-state index in [1.165, 1.54) is 7.11 Å². The van der Waals surface area contributed by atoms with Crippen LogP contribution in [0, 0.1) is 0 Å². The lowest BCUT2D eigenvalue weighted by Gasteiger charge is -1.96. The molecule has 0 aromatic rings. The highest BCUT2D eigenvalue weighted by molar-refractivity contribution is 6.31. The van der Waals surface area contributed by atoms with Crippen LogP contribution in [0.2, 0.25) is 0 Å². The summed E-state index contributed by atoms with van der Waals surface area (Å²) in [5.41, 5.74) is 0.546. The second-order valence-electron chi connectivity index (χ2n) is 2.31. The summed E-state index contributed by atoms with van der Waals surface area (Å²) in [5.74, 6) is -0.328. The molecule has 1 aliphatic carbocycles. The third-order valence-corrected chi connectivity index (χ3v) is 1.77. The van der Waals surface area contributed by atoms with Crippen molar-refractivity contribution in [2.24, 2.45) is 0 Å². The van der Waals surface area contributed by atoms with Crippen LogP contribution in [0.3, 0.4) is 0 Å². The van der Waals surface area contributed by atoms with Gasteiger partial charge in [-0.2, -0.15) is 0 Å². The number of hydrogen-bond donors (Lipinski definition) is 0. The first-order valence-corrected chi connectivity index (χ1v) is 3.94. The summed E-state index contributed by atoms with van der Waals surface area (Å²) in [6, 6.07) is 0. The number of carbonyl (C=O) groups excluding carboxylic acids is 1. The van der Waals surface area contributed by atoms with Crippen molar-refractivity contribution < 1.29 is 9.53 Å². The van der Waals surface area contributed by atoms with E-state index in [9.17, 15) is 4.79 Å². The molecule has 0 aromatic carbocycles. The highest BCUT2D eigenvalue weighted by atomic mass is 35.5. The van der Waals surface area contributed by atoms with Gasteiger partial charge >= 0.3 is 5.97 Å². The molecule has 0 unspecified atom stereocenters. The van der Waals surface area contributed by atoms with E-state index in [0.29, 0.717) is 17.0 Å². The second kappa shape index (κ2) is 4.12. The van der Waals surface area contributed by atoms with Crippen molar-refractivity contribution in [1.82, 2.24) is 0 Å². The average molecular weight is 185 g/mol. The maximum absolute atomic E-state index is 11.0. The van der Waals surface area contributed by atoms with Crippen LogP contribution < -0.4 is 0 Å². The fourth-order valence-corrected chi connectivity index (χ4v) is 1.03. The van der Waals surface area contributed by atoms with Gasteiger partial charge in [0.15, 0.2) is 0 Å². The van der Waals surface area contributed by atoms with Crippen molar-refractivity contribution in [3.8, 4) is 0 Å². The molecule has 1 rings (SSSR count).